The van der Waals surface area contributed by atoms with Crippen molar-refractivity contribution in [2.24, 2.45) is 4.99 Å². The largest absolute Gasteiger partial charge is 0.268 e. The van der Waals surface area contributed by atoms with Crippen molar-refractivity contribution < 1.29 is 8.42 Å². The Hall–Kier alpha value is -1.66. The van der Waals surface area contributed by atoms with E-state index < -0.39 is 10.0 Å². The van der Waals surface area contributed by atoms with Crippen LogP contribution in [0.5, 0.6) is 0 Å². The maximum atomic E-state index is 12.4. The fourth-order valence-corrected chi connectivity index (χ4v) is 3.05. The van der Waals surface area contributed by atoms with E-state index in [-0.39, 0.29) is 4.90 Å². The van der Waals surface area contributed by atoms with Crippen molar-refractivity contribution in [3.8, 4) is 0 Å². The Morgan fingerprint density at radius 3 is 2.29 bits per heavy atom. The maximum absolute atomic E-state index is 12.4. The molecule has 0 amide bonds. The third-order valence-corrected chi connectivity index (χ3v) is 4.60. The number of sulfonamides is 1. The summed E-state index contributed by atoms with van der Waals surface area (Å²) in [5.41, 5.74) is 0.736. The maximum Gasteiger partial charge on any atom is 0.263 e. The van der Waals surface area contributed by atoms with E-state index in [0.29, 0.717) is 12.4 Å². The van der Waals surface area contributed by atoms with Crippen molar-refractivity contribution in [3.63, 3.8) is 0 Å². The van der Waals surface area contributed by atoms with Gasteiger partial charge in [0.1, 0.15) is 5.84 Å². The molecule has 0 bridgehead atoms. The first-order chi connectivity index (χ1) is 10.0. The number of aliphatic imine (C=N–C) groups is 1. The minimum Gasteiger partial charge on any atom is -0.268 e. The molecule has 0 atom stereocenters. The normalized spacial score (nSPS) is 12.2. The molecule has 0 spiro atoms. The molecule has 0 aromatic heterocycles. The van der Waals surface area contributed by atoms with E-state index in [1.165, 1.54) is 0 Å². The van der Waals surface area contributed by atoms with E-state index in [1.54, 1.807) is 24.3 Å². The predicted octanol–water partition coefficient (Wildman–Crippen LogP) is 3.19. The first-order valence-electron chi connectivity index (χ1n) is 6.41. The monoisotopic (exact) mass is 366 g/mol. The van der Waals surface area contributed by atoms with Gasteiger partial charge in [-0.3, -0.25) is 9.71 Å². The van der Waals surface area contributed by atoms with E-state index in [9.17, 15) is 8.42 Å². The van der Waals surface area contributed by atoms with Gasteiger partial charge >= 0.3 is 0 Å². The molecule has 0 saturated heterocycles. The second kappa shape index (κ2) is 6.87. The Labute approximate surface area is 133 Å². The van der Waals surface area contributed by atoms with Crippen molar-refractivity contribution >= 4 is 31.8 Å². The second-order valence-electron chi connectivity index (χ2n) is 4.25. The summed E-state index contributed by atoms with van der Waals surface area (Å²) in [6, 6.07) is 15.7. The highest BCUT2D eigenvalue weighted by Crippen LogP contribution is 2.15. The van der Waals surface area contributed by atoms with Gasteiger partial charge in [-0.25, -0.2) is 8.42 Å². The van der Waals surface area contributed by atoms with E-state index in [0.717, 1.165) is 10.0 Å². The zero-order valence-electron chi connectivity index (χ0n) is 11.5. The number of rotatable bonds is 4. The van der Waals surface area contributed by atoms with Gasteiger partial charge in [-0.2, -0.15) is 0 Å². The van der Waals surface area contributed by atoms with E-state index in [2.05, 4.69) is 25.6 Å². The van der Waals surface area contributed by atoms with Crippen LogP contribution in [0.4, 0.5) is 0 Å². The Balaban J connectivity index is 2.33. The predicted molar refractivity (Wildman–Crippen MR) is 88.0 cm³/mol. The third kappa shape index (κ3) is 4.15. The van der Waals surface area contributed by atoms with E-state index >= 15 is 0 Å². The van der Waals surface area contributed by atoms with Crippen LogP contribution >= 0.6 is 15.9 Å². The van der Waals surface area contributed by atoms with Gasteiger partial charge in [0.25, 0.3) is 10.0 Å². The molecule has 0 aliphatic rings. The van der Waals surface area contributed by atoms with Crippen LogP contribution in [0.1, 0.15) is 12.5 Å². The van der Waals surface area contributed by atoms with E-state index in [4.69, 9.17) is 0 Å². The molecule has 2 rings (SSSR count). The fraction of sp³-hybridized carbons (Fsp3) is 0.133. The molecule has 1 N–H and O–H groups in total. The van der Waals surface area contributed by atoms with E-state index in [1.807, 2.05) is 37.3 Å². The summed E-state index contributed by atoms with van der Waals surface area (Å²) in [5, 5.41) is 0. The molecule has 6 heteroatoms. The number of hydrogen-bond acceptors (Lipinski definition) is 3. The molecule has 2 aromatic carbocycles. The highest BCUT2D eigenvalue weighted by Gasteiger charge is 2.17. The lowest BCUT2D eigenvalue weighted by atomic mass is 10.2. The van der Waals surface area contributed by atoms with Gasteiger partial charge in [0.2, 0.25) is 0 Å². The Morgan fingerprint density at radius 2 is 1.71 bits per heavy atom. The Morgan fingerprint density at radius 1 is 1.10 bits per heavy atom. The summed E-state index contributed by atoms with van der Waals surface area (Å²) in [5.74, 6) is 0.348. The lowest BCUT2D eigenvalue weighted by molar-refractivity contribution is 0.592. The summed E-state index contributed by atoms with van der Waals surface area (Å²) < 4.78 is 28.2. The minimum absolute atomic E-state index is 0.199. The SMILES string of the molecule is CCN=C(NS(=O)(=O)c1ccc(Br)cc1)c1ccccc1. The van der Waals surface area contributed by atoms with Gasteiger partial charge < -0.3 is 0 Å². The highest BCUT2D eigenvalue weighted by molar-refractivity contribution is 9.10. The zero-order chi connectivity index (χ0) is 15.3. The molecule has 0 unspecified atom stereocenters. The zero-order valence-corrected chi connectivity index (χ0v) is 13.9. The van der Waals surface area contributed by atoms with Gasteiger partial charge in [0.05, 0.1) is 4.90 Å². The molecule has 2 aromatic rings. The van der Waals surface area contributed by atoms with Crippen LogP contribution in [0.3, 0.4) is 0 Å². The number of benzene rings is 2. The molecule has 4 nitrogen and oxygen atoms in total. The molecule has 0 saturated carbocycles. The first kappa shape index (κ1) is 15.7. The average molecular weight is 367 g/mol. The van der Waals surface area contributed by atoms with Crippen LogP contribution in [-0.2, 0) is 10.0 Å². The van der Waals surface area contributed by atoms with Crippen LogP contribution in [-0.4, -0.2) is 20.8 Å². The first-order valence-corrected chi connectivity index (χ1v) is 8.69. The van der Waals surface area contributed by atoms with Crippen molar-refractivity contribution in [1.82, 2.24) is 4.72 Å². The standard InChI is InChI=1S/C15H15BrN2O2S/c1-2-17-15(12-6-4-3-5-7-12)18-21(19,20)14-10-8-13(16)9-11-14/h3-11H,2H2,1H3,(H,17,18). The van der Waals surface area contributed by atoms with Crippen LogP contribution < -0.4 is 4.72 Å². The molecular weight excluding hydrogens is 352 g/mol. The minimum atomic E-state index is -3.65. The lowest BCUT2D eigenvalue weighted by Crippen LogP contribution is -2.31. The molecule has 0 aliphatic carbocycles. The van der Waals surface area contributed by atoms with Crippen molar-refractivity contribution in [3.05, 3.63) is 64.6 Å². The summed E-state index contributed by atoms with van der Waals surface area (Å²) in [4.78, 5) is 4.44. The quantitative estimate of drug-likeness (QED) is 0.667. The van der Waals surface area contributed by atoms with Crippen molar-refractivity contribution in [2.45, 2.75) is 11.8 Å². The Bertz CT molecular complexity index is 726. The number of amidine groups is 1. The molecule has 0 radical (unpaired) electrons. The van der Waals surface area contributed by atoms with Crippen LogP contribution in [0.25, 0.3) is 0 Å². The molecule has 0 heterocycles. The van der Waals surface area contributed by atoms with Crippen LogP contribution in [0.2, 0.25) is 0 Å². The topological polar surface area (TPSA) is 58.5 Å². The summed E-state index contributed by atoms with van der Waals surface area (Å²) in [6.45, 7) is 2.35. The lowest BCUT2D eigenvalue weighted by Gasteiger charge is -2.11. The van der Waals surface area contributed by atoms with Crippen molar-refractivity contribution in [2.75, 3.05) is 6.54 Å². The number of halogens is 1. The Kier molecular flexibility index (Phi) is 5.14. The highest BCUT2D eigenvalue weighted by atomic mass is 79.9. The molecular formula is C15H15BrN2O2S. The van der Waals surface area contributed by atoms with Gasteiger partial charge in [-0.15, -0.1) is 0 Å². The molecule has 21 heavy (non-hydrogen) atoms. The van der Waals surface area contributed by atoms with Gasteiger partial charge in [0.15, 0.2) is 0 Å². The van der Waals surface area contributed by atoms with Gasteiger partial charge in [-0.05, 0) is 31.2 Å². The van der Waals surface area contributed by atoms with Crippen molar-refractivity contribution in [1.29, 1.82) is 0 Å². The smallest absolute Gasteiger partial charge is 0.263 e. The van der Waals surface area contributed by atoms with Crippen LogP contribution in [0, 0.1) is 0 Å². The summed E-state index contributed by atoms with van der Waals surface area (Å²) >= 11 is 3.29. The molecule has 110 valence electrons. The molecule has 0 fully saturated rings. The molecule has 0 aliphatic heterocycles. The summed E-state index contributed by atoms with van der Waals surface area (Å²) in [6.07, 6.45) is 0. The number of nitrogens with one attached hydrogen (secondary N) is 1. The fourth-order valence-electron chi connectivity index (χ4n) is 1.74. The van der Waals surface area contributed by atoms with Crippen LogP contribution in [0.15, 0.2) is 69.0 Å². The summed E-state index contributed by atoms with van der Waals surface area (Å²) in [7, 11) is -3.65. The second-order valence-corrected chi connectivity index (χ2v) is 6.85. The van der Waals surface area contributed by atoms with Gasteiger partial charge in [-0.1, -0.05) is 46.3 Å². The number of hydrogen-bond donors (Lipinski definition) is 1. The number of nitrogens with zero attached hydrogens (tertiary/aromatic N) is 1. The third-order valence-electron chi connectivity index (χ3n) is 2.72. The van der Waals surface area contributed by atoms with Gasteiger partial charge in [0, 0.05) is 16.6 Å². The average Bonchev–Trinajstić information content (AvgIpc) is 2.48.